The van der Waals surface area contributed by atoms with E-state index in [1.807, 2.05) is 0 Å². The van der Waals surface area contributed by atoms with Crippen LogP contribution in [0.5, 0.6) is 5.75 Å². The number of rotatable bonds is 8. The quantitative estimate of drug-likeness (QED) is 0.741. The molecule has 1 aromatic carbocycles. The smallest absolute Gasteiger partial charge is 0.305 e. The summed E-state index contributed by atoms with van der Waals surface area (Å²) >= 11 is 11.9. The Balaban J connectivity index is 2.79. The largest absolute Gasteiger partial charge is 0.481 e. The highest BCUT2D eigenvalue weighted by Crippen LogP contribution is 2.32. The summed E-state index contributed by atoms with van der Waals surface area (Å²) in [7, 11) is 1.43. The predicted molar refractivity (Wildman–Crippen MR) is 87.2 cm³/mol. The van der Waals surface area contributed by atoms with Gasteiger partial charge in [-0.15, -0.1) is 0 Å². The van der Waals surface area contributed by atoms with Crippen LogP contribution >= 0.6 is 23.2 Å². The zero-order valence-electron chi connectivity index (χ0n) is 13.1. The Labute approximate surface area is 144 Å². The summed E-state index contributed by atoms with van der Waals surface area (Å²) in [6.45, 7) is 3.16. The molecule has 0 aromatic heterocycles. The fraction of sp³-hybridized carbons (Fsp3) is 0.467. The second kappa shape index (κ2) is 8.38. The summed E-state index contributed by atoms with van der Waals surface area (Å²) in [6, 6.07) is 4.83. The van der Waals surface area contributed by atoms with Crippen LogP contribution in [0.3, 0.4) is 0 Å². The van der Waals surface area contributed by atoms with E-state index < -0.39 is 23.5 Å². The van der Waals surface area contributed by atoms with Gasteiger partial charge in [0.15, 0.2) is 6.10 Å². The third-order valence-electron chi connectivity index (χ3n) is 3.02. The minimum atomic E-state index is -1.05. The van der Waals surface area contributed by atoms with Gasteiger partial charge in [-0.2, -0.15) is 0 Å². The Kier molecular flexibility index (Phi) is 7.12. The number of ether oxygens (including phenoxy) is 2. The fourth-order valence-corrected chi connectivity index (χ4v) is 2.34. The molecule has 0 aliphatic rings. The van der Waals surface area contributed by atoms with Crippen LogP contribution in [0.15, 0.2) is 18.2 Å². The molecule has 1 rings (SSSR count). The van der Waals surface area contributed by atoms with Crippen molar-refractivity contribution in [3.8, 4) is 5.75 Å². The molecular weight excluding hydrogens is 345 g/mol. The molecule has 128 valence electrons. The van der Waals surface area contributed by atoms with Gasteiger partial charge in [0.25, 0.3) is 5.91 Å². The van der Waals surface area contributed by atoms with E-state index in [0.717, 1.165) is 0 Å². The molecule has 0 spiro atoms. The molecule has 0 heterocycles. The Morgan fingerprint density at radius 2 is 2.04 bits per heavy atom. The van der Waals surface area contributed by atoms with Crippen LogP contribution in [0.2, 0.25) is 10.0 Å². The lowest BCUT2D eigenvalue weighted by Gasteiger charge is -2.30. The number of nitrogens with one attached hydrogen (secondary N) is 1. The normalized spacial score (nSPS) is 14.7. The molecule has 23 heavy (non-hydrogen) atoms. The summed E-state index contributed by atoms with van der Waals surface area (Å²) < 4.78 is 10.5. The Bertz CT molecular complexity index is 581. The van der Waals surface area contributed by atoms with Crippen molar-refractivity contribution in [2.24, 2.45) is 0 Å². The molecule has 0 aliphatic carbocycles. The van der Waals surface area contributed by atoms with Crippen LogP contribution in [0, 0.1) is 0 Å². The van der Waals surface area contributed by atoms with Crippen LogP contribution < -0.4 is 10.1 Å². The monoisotopic (exact) mass is 363 g/mol. The lowest BCUT2D eigenvalue weighted by Crippen LogP contribution is -2.54. The van der Waals surface area contributed by atoms with Gasteiger partial charge in [0.1, 0.15) is 10.8 Å². The number of carbonyl (C=O) groups is 2. The topological polar surface area (TPSA) is 84.9 Å². The highest BCUT2D eigenvalue weighted by molar-refractivity contribution is 6.42. The lowest BCUT2D eigenvalue weighted by molar-refractivity contribution is -0.140. The van der Waals surface area contributed by atoms with Crippen molar-refractivity contribution in [3.05, 3.63) is 28.2 Å². The maximum atomic E-state index is 12.3. The maximum Gasteiger partial charge on any atom is 0.305 e. The van der Waals surface area contributed by atoms with Gasteiger partial charge >= 0.3 is 5.97 Å². The average Bonchev–Trinajstić information content (AvgIpc) is 2.42. The number of carbonyl (C=O) groups excluding carboxylic acids is 1. The molecule has 0 bridgehead atoms. The molecule has 6 nitrogen and oxygen atoms in total. The van der Waals surface area contributed by atoms with Gasteiger partial charge in [-0.25, -0.2) is 0 Å². The molecule has 2 N–H and O–H groups in total. The SMILES string of the molecule is COCC(C)(CC(=O)O)NC(=O)C(C)Oc1cccc(Cl)c1Cl. The van der Waals surface area contributed by atoms with Gasteiger partial charge in [0, 0.05) is 7.11 Å². The van der Waals surface area contributed by atoms with Gasteiger partial charge in [-0.1, -0.05) is 29.3 Å². The van der Waals surface area contributed by atoms with E-state index >= 15 is 0 Å². The van der Waals surface area contributed by atoms with Crippen LogP contribution in [-0.2, 0) is 14.3 Å². The second-order valence-electron chi connectivity index (χ2n) is 5.37. The molecule has 8 heteroatoms. The van der Waals surface area contributed by atoms with Crippen LogP contribution in [0.4, 0.5) is 0 Å². The minimum Gasteiger partial charge on any atom is -0.481 e. The van der Waals surface area contributed by atoms with Crippen molar-refractivity contribution in [3.63, 3.8) is 0 Å². The number of hydrogen-bond acceptors (Lipinski definition) is 4. The first kappa shape index (κ1) is 19.5. The molecule has 0 saturated carbocycles. The number of hydrogen-bond donors (Lipinski definition) is 2. The van der Waals surface area contributed by atoms with Crippen LogP contribution in [-0.4, -0.2) is 42.3 Å². The van der Waals surface area contributed by atoms with Crippen molar-refractivity contribution in [1.82, 2.24) is 5.32 Å². The first-order valence-corrected chi connectivity index (χ1v) is 7.57. The number of carboxylic acids is 1. The number of methoxy groups -OCH3 is 1. The molecule has 0 aliphatic heterocycles. The van der Waals surface area contributed by atoms with E-state index in [1.54, 1.807) is 25.1 Å². The molecular formula is C15H19Cl2NO5. The van der Waals surface area contributed by atoms with Gasteiger partial charge in [0.05, 0.1) is 23.6 Å². The van der Waals surface area contributed by atoms with Gasteiger partial charge in [-0.05, 0) is 26.0 Å². The van der Waals surface area contributed by atoms with E-state index in [0.29, 0.717) is 5.02 Å². The zero-order chi connectivity index (χ0) is 17.6. The third kappa shape index (κ3) is 5.89. The standard InChI is InChI=1S/C15H19Cl2NO5/c1-9(23-11-6-4-5-10(16)13(11)17)14(21)18-15(2,8-22-3)7-12(19)20/h4-6,9H,7-8H2,1-3H3,(H,18,21)(H,19,20). The molecule has 0 fully saturated rings. The van der Waals surface area contributed by atoms with Crippen molar-refractivity contribution < 1.29 is 24.2 Å². The van der Waals surface area contributed by atoms with Crippen molar-refractivity contribution in [2.75, 3.05) is 13.7 Å². The molecule has 2 atom stereocenters. The first-order valence-electron chi connectivity index (χ1n) is 6.82. The number of aliphatic carboxylic acids is 1. The average molecular weight is 364 g/mol. The van der Waals surface area contributed by atoms with Crippen LogP contribution in [0.25, 0.3) is 0 Å². The van der Waals surface area contributed by atoms with E-state index in [-0.39, 0.29) is 23.8 Å². The minimum absolute atomic E-state index is 0.0513. The lowest BCUT2D eigenvalue weighted by atomic mass is 9.98. The second-order valence-corrected chi connectivity index (χ2v) is 6.15. The summed E-state index contributed by atoms with van der Waals surface area (Å²) in [5.74, 6) is -1.26. The van der Waals surface area contributed by atoms with E-state index in [2.05, 4.69) is 5.32 Å². The van der Waals surface area contributed by atoms with Gasteiger partial charge in [-0.3, -0.25) is 9.59 Å². The van der Waals surface area contributed by atoms with Crippen molar-refractivity contribution in [1.29, 1.82) is 0 Å². The predicted octanol–water partition coefficient (Wildman–Crippen LogP) is 2.76. The molecule has 1 amide bonds. The summed E-state index contributed by atoms with van der Waals surface area (Å²) in [6.07, 6.45) is -1.17. The fourth-order valence-electron chi connectivity index (χ4n) is 2.00. The Morgan fingerprint density at radius 1 is 1.39 bits per heavy atom. The highest BCUT2D eigenvalue weighted by Gasteiger charge is 2.31. The molecule has 0 radical (unpaired) electrons. The van der Waals surface area contributed by atoms with Crippen molar-refractivity contribution in [2.45, 2.75) is 31.9 Å². The maximum absolute atomic E-state index is 12.3. The number of carboxylic acid groups (broad SMARTS) is 1. The van der Waals surface area contributed by atoms with Gasteiger partial charge < -0.3 is 19.9 Å². The third-order valence-corrected chi connectivity index (χ3v) is 3.82. The molecule has 1 aromatic rings. The summed E-state index contributed by atoms with van der Waals surface area (Å²) in [5.41, 5.74) is -1.05. The van der Waals surface area contributed by atoms with E-state index in [1.165, 1.54) is 14.0 Å². The first-order chi connectivity index (χ1) is 10.7. The van der Waals surface area contributed by atoms with E-state index in [4.69, 9.17) is 37.8 Å². The summed E-state index contributed by atoms with van der Waals surface area (Å²) in [5, 5.41) is 12.1. The zero-order valence-corrected chi connectivity index (χ0v) is 14.6. The Morgan fingerprint density at radius 3 is 2.61 bits per heavy atom. The van der Waals surface area contributed by atoms with Crippen molar-refractivity contribution >= 4 is 35.1 Å². The number of benzene rings is 1. The van der Waals surface area contributed by atoms with Gasteiger partial charge in [0.2, 0.25) is 0 Å². The summed E-state index contributed by atoms with van der Waals surface area (Å²) in [4.78, 5) is 23.2. The van der Waals surface area contributed by atoms with E-state index in [9.17, 15) is 9.59 Å². The number of amides is 1. The van der Waals surface area contributed by atoms with Crippen LogP contribution in [0.1, 0.15) is 20.3 Å². The highest BCUT2D eigenvalue weighted by atomic mass is 35.5. The Hall–Kier alpha value is -1.50. The molecule has 2 unspecified atom stereocenters. The molecule has 0 saturated heterocycles. The number of halogens is 2.